The minimum Gasteiger partial charge on any atom is -0.465 e. The molecule has 182 valence electrons. The number of hydrogen-bond acceptors (Lipinski definition) is 7. The van der Waals surface area contributed by atoms with E-state index in [1.54, 1.807) is 24.5 Å². The number of aromatic nitrogens is 4. The first-order chi connectivity index (χ1) is 16.9. The van der Waals surface area contributed by atoms with Gasteiger partial charge in [-0.15, -0.1) is 0 Å². The molecule has 1 saturated carbocycles. The Balaban J connectivity index is 1.24. The summed E-state index contributed by atoms with van der Waals surface area (Å²) in [5.74, 6) is 0.413. The second-order valence-electron chi connectivity index (χ2n) is 9.71. The molecule has 0 radical (unpaired) electrons. The molecule has 0 spiro atoms. The second kappa shape index (κ2) is 9.13. The predicted octanol–water partition coefficient (Wildman–Crippen LogP) is 4.14. The molecule has 9 nitrogen and oxygen atoms in total. The van der Waals surface area contributed by atoms with Crippen molar-refractivity contribution < 1.29 is 14.3 Å². The minimum absolute atomic E-state index is 0.105. The van der Waals surface area contributed by atoms with Crippen molar-refractivity contribution in [2.75, 3.05) is 25.5 Å². The second-order valence-corrected chi connectivity index (χ2v) is 9.71. The van der Waals surface area contributed by atoms with Crippen molar-refractivity contribution in [3.05, 3.63) is 54.0 Å². The molecule has 1 aliphatic carbocycles. The summed E-state index contributed by atoms with van der Waals surface area (Å²) in [6, 6.07) is 7.42. The van der Waals surface area contributed by atoms with E-state index in [4.69, 9.17) is 9.72 Å². The van der Waals surface area contributed by atoms with E-state index in [1.165, 1.54) is 7.11 Å². The number of amides is 1. The molecule has 9 heteroatoms. The van der Waals surface area contributed by atoms with Crippen LogP contribution in [0, 0.1) is 12.3 Å². The molecule has 1 N–H and O–H groups in total. The van der Waals surface area contributed by atoms with Crippen LogP contribution in [-0.2, 0) is 9.53 Å². The number of piperidine rings is 1. The maximum absolute atomic E-state index is 12.6. The number of carbonyl (C=O) groups is 2. The maximum Gasteiger partial charge on any atom is 0.337 e. The van der Waals surface area contributed by atoms with Gasteiger partial charge in [0.2, 0.25) is 11.9 Å². The van der Waals surface area contributed by atoms with E-state index in [0.717, 1.165) is 61.3 Å². The van der Waals surface area contributed by atoms with Gasteiger partial charge in [0.15, 0.2) is 0 Å². The van der Waals surface area contributed by atoms with Crippen LogP contribution >= 0.6 is 0 Å². The van der Waals surface area contributed by atoms with Crippen molar-refractivity contribution in [2.24, 2.45) is 5.41 Å². The average Bonchev–Trinajstić information content (AvgIpc) is 3.47. The highest BCUT2D eigenvalue weighted by atomic mass is 16.5. The van der Waals surface area contributed by atoms with Crippen molar-refractivity contribution >= 4 is 23.5 Å². The van der Waals surface area contributed by atoms with Gasteiger partial charge in [0.05, 0.1) is 36.3 Å². The molecule has 2 fully saturated rings. The summed E-state index contributed by atoms with van der Waals surface area (Å²) in [6.07, 6.45) is 9.35. The summed E-state index contributed by atoms with van der Waals surface area (Å²) in [4.78, 5) is 35.4. The Hall–Kier alpha value is -3.75. The van der Waals surface area contributed by atoms with E-state index in [0.29, 0.717) is 17.4 Å². The molecule has 2 aliphatic rings. The van der Waals surface area contributed by atoms with Crippen LogP contribution in [0.15, 0.2) is 42.9 Å². The molecule has 0 bridgehead atoms. The number of benzene rings is 1. The van der Waals surface area contributed by atoms with Gasteiger partial charge in [-0.2, -0.15) is 5.10 Å². The summed E-state index contributed by atoms with van der Waals surface area (Å²) in [5, 5.41) is 7.80. The van der Waals surface area contributed by atoms with Crippen LogP contribution in [0.2, 0.25) is 0 Å². The molecular formula is C26H30N6O3. The van der Waals surface area contributed by atoms with Gasteiger partial charge in [0.1, 0.15) is 0 Å². The number of hydrogen-bond donors (Lipinski definition) is 1. The van der Waals surface area contributed by atoms with Crippen LogP contribution in [0.5, 0.6) is 0 Å². The predicted molar refractivity (Wildman–Crippen MR) is 131 cm³/mol. The Labute approximate surface area is 204 Å². The van der Waals surface area contributed by atoms with Crippen LogP contribution in [-0.4, -0.2) is 56.7 Å². The zero-order valence-corrected chi connectivity index (χ0v) is 20.3. The molecule has 0 unspecified atom stereocenters. The number of esters is 1. The van der Waals surface area contributed by atoms with E-state index in [-0.39, 0.29) is 17.4 Å². The van der Waals surface area contributed by atoms with Gasteiger partial charge < -0.3 is 15.0 Å². The summed E-state index contributed by atoms with van der Waals surface area (Å²) in [5.41, 5.74) is 3.80. The Morgan fingerprint density at radius 2 is 1.83 bits per heavy atom. The lowest BCUT2D eigenvalue weighted by Crippen LogP contribution is -2.42. The number of nitrogens with one attached hydrogen (secondary N) is 1. The monoisotopic (exact) mass is 474 g/mol. The molecule has 1 amide bonds. The molecular weight excluding hydrogens is 444 g/mol. The van der Waals surface area contributed by atoms with Crippen molar-refractivity contribution in [1.82, 2.24) is 24.6 Å². The molecule has 3 aromatic rings. The molecule has 3 heterocycles. The van der Waals surface area contributed by atoms with Crippen LogP contribution in [0.25, 0.3) is 11.3 Å². The van der Waals surface area contributed by atoms with Gasteiger partial charge in [-0.25, -0.2) is 14.8 Å². The quantitative estimate of drug-likeness (QED) is 0.536. The number of methoxy groups -OCH3 is 1. The molecule has 1 aliphatic heterocycles. The Bertz CT molecular complexity index is 1240. The number of rotatable bonds is 6. The van der Waals surface area contributed by atoms with Crippen LogP contribution < -0.4 is 5.32 Å². The van der Waals surface area contributed by atoms with Crippen molar-refractivity contribution in [3.8, 4) is 11.3 Å². The van der Waals surface area contributed by atoms with E-state index < -0.39 is 0 Å². The smallest absolute Gasteiger partial charge is 0.337 e. The number of nitrogens with zero attached hydrogens (tertiary/aromatic N) is 5. The van der Waals surface area contributed by atoms with Crippen LogP contribution in [0.4, 0.5) is 11.6 Å². The van der Waals surface area contributed by atoms with Gasteiger partial charge in [-0.05, 0) is 50.3 Å². The number of aryl methyl sites for hydroxylation is 1. The first-order valence-electron chi connectivity index (χ1n) is 12.0. The first kappa shape index (κ1) is 23.0. The Morgan fingerprint density at radius 1 is 1.11 bits per heavy atom. The molecule has 35 heavy (non-hydrogen) atoms. The fourth-order valence-electron chi connectivity index (χ4n) is 4.52. The third-order valence-electron chi connectivity index (χ3n) is 7.05. The highest BCUT2D eigenvalue weighted by Gasteiger charge is 2.47. The minimum atomic E-state index is -0.371. The van der Waals surface area contributed by atoms with E-state index in [2.05, 4.69) is 22.3 Å². The van der Waals surface area contributed by atoms with E-state index >= 15 is 0 Å². The summed E-state index contributed by atoms with van der Waals surface area (Å²) in [7, 11) is 1.37. The molecule has 2 aromatic heterocycles. The maximum atomic E-state index is 12.6. The van der Waals surface area contributed by atoms with Crippen LogP contribution in [0.3, 0.4) is 0 Å². The zero-order valence-electron chi connectivity index (χ0n) is 20.3. The lowest BCUT2D eigenvalue weighted by molar-refractivity contribution is -0.137. The number of anilines is 2. The van der Waals surface area contributed by atoms with E-state index in [1.807, 2.05) is 34.8 Å². The summed E-state index contributed by atoms with van der Waals surface area (Å²) in [6.45, 7) is 5.58. The highest BCUT2D eigenvalue weighted by molar-refractivity contribution is 5.90. The lowest BCUT2D eigenvalue weighted by atomic mass is 10.0. The van der Waals surface area contributed by atoms with Crippen molar-refractivity contribution in [2.45, 2.75) is 45.6 Å². The molecule has 0 atom stereocenters. The normalized spacial score (nSPS) is 17.2. The zero-order chi connectivity index (χ0) is 24.6. The SMILES string of the molecule is COC(=O)c1ccc(-c2nc(Nc3cnn(C4CCN(C(=O)C5(C)CC5)CC4)c3)ncc2C)cc1. The average molecular weight is 475 g/mol. The topological polar surface area (TPSA) is 102 Å². The molecule has 1 saturated heterocycles. The van der Waals surface area contributed by atoms with Gasteiger partial charge in [-0.1, -0.05) is 19.1 Å². The third kappa shape index (κ3) is 4.76. The van der Waals surface area contributed by atoms with E-state index in [9.17, 15) is 9.59 Å². The fourth-order valence-corrected chi connectivity index (χ4v) is 4.52. The van der Waals surface area contributed by atoms with Crippen LogP contribution in [0.1, 0.15) is 54.6 Å². The van der Waals surface area contributed by atoms with Crippen molar-refractivity contribution in [1.29, 1.82) is 0 Å². The highest BCUT2D eigenvalue weighted by Crippen LogP contribution is 2.47. The standard InChI is InChI=1S/C26H30N6O3/c1-17-14-27-25(30-22(17)18-4-6-19(7-5-18)23(33)35-3)29-20-15-28-32(16-20)21-8-12-31(13-9-21)24(34)26(2)10-11-26/h4-7,14-16,21H,8-13H2,1-3H3,(H,27,29,30). The Morgan fingerprint density at radius 3 is 2.49 bits per heavy atom. The van der Waals surface area contributed by atoms with Gasteiger partial charge in [0, 0.05) is 36.5 Å². The largest absolute Gasteiger partial charge is 0.465 e. The number of likely N-dealkylation sites (tertiary alicyclic amines) is 1. The number of ether oxygens (including phenoxy) is 1. The van der Waals surface area contributed by atoms with Gasteiger partial charge >= 0.3 is 5.97 Å². The first-order valence-corrected chi connectivity index (χ1v) is 12.0. The van der Waals surface area contributed by atoms with Gasteiger partial charge in [-0.3, -0.25) is 9.48 Å². The van der Waals surface area contributed by atoms with Crippen molar-refractivity contribution in [3.63, 3.8) is 0 Å². The molecule has 1 aromatic carbocycles. The summed E-state index contributed by atoms with van der Waals surface area (Å²) < 4.78 is 6.74. The molecule has 5 rings (SSSR count). The summed E-state index contributed by atoms with van der Waals surface area (Å²) >= 11 is 0. The lowest BCUT2D eigenvalue weighted by Gasteiger charge is -2.33. The Kier molecular flexibility index (Phi) is 6.00. The van der Waals surface area contributed by atoms with Gasteiger partial charge in [0.25, 0.3) is 0 Å². The third-order valence-corrected chi connectivity index (χ3v) is 7.05. The number of carbonyl (C=O) groups excluding carboxylic acids is 2. The fraction of sp³-hybridized carbons (Fsp3) is 0.423.